The number of benzene rings is 1. The van der Waals surface area contributed by atoms with Crippen molar-refractivity contribution in [1.29, 1.82) is 0 Å². The predicted octanol–water partition coefficient (Wildman–Crippen LogP) is 2.08. The minimum absolute atomic E-state index is 0. The van der Waals surface area contributed by atoms with Gasteiger partial charge in [0, 0.05) is 32.1 Å². The van der Waals surface area contributed by atoms with Crippen molar-refractivity contribution in [3.05, 3.63) is 24.3 Å². The van der Waals surface area contributed by atoms with Crippen LogP contribution in [0.5, 0.6) is 5.75 Å². The molecule has 1 fully saturated rings. The molecular weight excluding hydrogens is 337 g/mol. The highest BCUT2D eigenvalue weighted by Gasteiger charge is 2.25. The number of nitrogens with two attached hydrogens (primary N) is 1. The van der Waals surface area contributed by atoms with Gasteiger partial charge in [-0.15, -0.1) is 24.8 Å². The molecule has 0 aromatic heterocycles. The molecule has 1 aromatic rings. The Morgan fingerprint density at radius 3 is 2.78 bits per heavy atom. The Labute approximate surface area is 150 Å². The number of rotatable bonds is 6. The third-order valence-corrected chi connectivity index (χ3v) is 4.08. The molecule has 1 amide bonds. The van der Waals surface area contributed by atoms with Gasteiger partial charge in [-0.2, -0.15) is 0 Å². The Hall–Kier alpha value is -1.17. The third-order valence-electron chi connectivity index (χ3n) is 4.08. The van der Waals surface area contributed by atoms with E-state index in [4.69, 9.17) is 10.5 Å². The Bertz CT molecular complexity index is 488. The first-order chi connectivity index (χ1) is 10.2. The van der Waals surface area contributed by atoms with Gasteiger partial charge in [-0.25, -0.2) is 0 Å². The zero-order valence-electron chi connectivity index (χ0n) is 13.7. The molecule has 0 aliphatic carbocycles. The summed E-state index contributed by atoms with van der Waals surface area (Å²) in [5.74, 6) is 1.31. The van der Waals surface area contributed by atoms with Crippen LogP contribution in [-0.4, -0.2) is 39.2 Å². The second-order valence-electron chi connectivity index (χ2n) is 5.65. The molecule has 1 heterocycles. The molecule has 2 atom stereocenters. The average molecular weight is 364 g/mol. The van der Waals surface area contributed by atoms with Crippen molar-refractivity contribution in [3.8, 4) is 5.75 Å². The predicted molar refractivity (Wildman–Crippen MR) is 99.0 cm³/mol. The molecule has 0 saturated carbocycles. The summed E-state index contributed by atoms with van der Waals surface area (Å²) in [5.41, 5.74) is 6.63. The van der Waals surface area contributed by atoms with E-state index in [2.05, 4.69) is 16.3 Å². The van der Waals surface area contributed by atoms with Crippen LogP contribution in [0.25, 0.3) is 0 Å². The van der Waals surface area contributed by atoms with E-state index in [0.29, 0.717) is 12.5 Å². The number of methoxy groups -OCH3 is 1. The van der Waals surface area contributed by atoms with Crippen molar-refractivity contribution >= 4 is 36.4 Å². The summed E-state index contributed by atoms with van der Waals surface area (Å²) >= 11 is 0. The Morgan fingerprint density at radius 2 is 2.13 bits per heavy atom. The van der Waals surface area contributed by atoms with Gasteiger partial charge >= 0.3 is 0 Å². The van der Waals surface area contributed by atoms with E-state index in [1.807, 2.05) is 25.1 Å². The van der Waals surface area contributed by atoms with Gasteiger partial charge in [0.25, 0.3) is 0 Å². The number of nitrogens with one attached hydrogen (secondary N) is 1. The van der Waals surface area contributed by atoms with E-state index in [0.717, 1.165) is 37.5 Å². The molecule has 1 aliphatic rings. The average Bonchev–Trinajstić information content (AvgIpc) is 3.00. The molecule has 7 heteroatoms. The van der Waals surface area contributed by atoms with Crippen molar-refractivity contribution < 1.29 is 9.53 Å². The molecule has 0 radical (unpaired) electrons. The highest BCUT2D eigenvalue weighted by molar-refractivity contribution is 5.85. The molecule has 23 heavy (non-hydrogen) atoms. The quantitative estimate of drug-likeness (QED) is 0.811. The van der Waals surface area contributed by atoms with Crippen LogP contribution in [-0.2, 0) is 4.79 Å². The lowest BCUT2D eigenvalue weighted by Gasteiger charge is -2.21. The van der Waals surface area contributed by atoms with Crippen LogP contribution in [0.2, 0.25) is 0 Å². The lowest BCUT2D eigenvalue weighted by atomic mass is 10.1. The zero-order valence-corrected chi connectivity index (χ0v) is 15.3. The zero-order chi connectivity index (χ0) is 15.2. The lowest BCUT2D eigenvalue weighted by Crippen LogP contribution is -2.36. The maximum absolute atomic E-state index is 11.8. The van der Waals surface area contributed by atoms with Gasteiger partial charge in [-0.05, 0) is 24.5 Å². The summed E-state index contributed by atoms with van der Waals surface area (Å²) in [7, 11) is 1.70. The maximum atomic E-state index is 11.8. The fourth-order valence-electron chi connectivity index (χ4n) is 2.64. The van der Waals surface area contributed by atoms with Gasteiger partial charge in [0.2, 0.25) is 5.91 Å². The smallest absolute Gasteiger partial charge is 0.224 e. The number of hydrogen-bond acceptors (Lipinski definition) is 4. The lowest BCUT2D eigenvalue weighted by molar-refractivity contribution is -0.124. The largest absolute Gasteiger partial charge is 0.495 e. The van der Waals surface area contributed by atoms with Gasteiger partial charge in [-0.3, -0.25) is 4.79 Å². The maximum Gasteiger partial charge on any atom is 0.224 e. The number of anilines is 1. The van der Waals surface area contributed by atoms with Crippen LogP contribution in [0.1, 0.15) is 13.3 Å². The Morgan fingerprint density at radius 1 is 1.43 bits per heavy atom. The van der Waals surface area contributed by atoms with Gasteiger partial charge in [-0.1, -0.05) is 19.1 Å². The first-order valence-electron chi connectivity index (χ1n) is 7.51. The summed E-state index contributed by atoms with van der Waals surface area (Å²) in [6, 6.07) is 8.06. The van der Waals surface area contributed by atoms with Crippen molar-refractivity contribution in [2.45, 2.75) is 13.3 Å². The first kappa shape index (κ1) is 21.8. The number of hydrogen-bond donors (Lipinski definition) is 2. The fraction of sp³-hybridized carbons (Fsp3) is 0.562. The molecule has 1 aliphatic heterocycles. The normalized spacial score (nSPS) is 17.7. The van der Waals surface area contributed by atoms with E-state index >= 15 is 0 Å². The van der Waals surface area contributed by atoms with E-state index in [9.17, 15) is 4.79 Å². The molecule has 5 nitrogen and oxygen atoms in total. The highest BCUT2D eigenvalue weighted by atomic mass is 35.5. The molecule has 0 bridgehead atoms. The molecule has 1 saturated heterocycles. The number of amides is 1. The van der Waals surface area contributed by atoms with E-state index in [1.54, 1.807) is 7.11 Å². The van der Waals surface area contributed by atoms with Crippen LogP contribution in [0.4, 0.5) is 5.69 Å². The van der Waals surface area contributed by atoms with Crippen LogP contribution >= 0.6 is 24.8 Å². The molecule has 2 rings (SSSR count). The van der Waals surface area contributed by atoms with E-state index in [1.165, 1.54) is 0 Å². The van der Waals surface area contributed by atoms with Gasteiger partial charge in [0.05, 0.1) is 12.8 Å². The molecule has 3 N–H and O–H groups in total. The summed E-state index contributed by atoms with van der Waals surface area (Å²) in [6.45, 7) is 4.90. The van der Waals surface area contributed by atoms with Crippen molar-refractivity contribution in [1.82, 2.24) is 5.32 Å². The standard InChI is InChI=1S/C16H25N3O2.2ClH/c1-12(9-17)16(20)18-10-13-7-8-19(11-13)14-5-3-4-6-15(14)21-2;;/h3-6,12-13H,7-11,17H2,1-2H3,(H,18,20);2*1H. The fourth-order valence-corrected chi connectivity index (χ4v) is 2.64. The van der Waals surface area contributed by atoms with Crippen LogP contribution in [0, 0.1) is 11.8 Å². The molecule has 132 valence electrons. The van der Waals surface area contributed by atoms with E-state index in [-0.39, 0.29) is 36.6 Å². The second kappa shape index (κ2) is 10.6. The van der Waals surface area contributed by atoms with Gasteiger partial charge < -0.3 is 20.7 Å². The van der Waals surface area contributed by atoms with Gasteiger partial charge in [0.15, 0.2) is 0 Å². The minimum Gasteiger partial charge on any atom is -0.495 e. The SMILES string of the molecule is COc1ccccc1N1CCC(CNC(=O)C(C)CN)C1.Cl.Cl. The molecule has 2 unspecified atom stereocenters. The van der Waals surface area contributed by atoms with Crippen LogP contribution in [0.15, 0.2) is 24.3 Å². The summed E-state index contributed by atoms with van der Waals surface area (Å²) in [5, 5.41) is 3.00. The Kier molecular flexibility index (Phi) is 10.0. The van der Waals surface area contributed by atoms with Crippen molar-refractivity contribution in [2.75, 3.05) is 38.2 Å². The molecule has 1 aromatic carbocycles. The first-order valence-corrected chi connectivity index (χ1v) is 7.51. The number of nitrogens with zero attached hydrogens (tertiary/aromatic N) is 1. The van der Waals surface area contributed by atoms with Gasteiger partial charge in [0.1, 0.15) is 5.75 Å². The number of carbonyl (C=O) groups excluding carboxylic acids is 1. The van der Waals surface area contributed by atoms with E-state index < -0.39 is 0 Å². The summed E-state index contributed by atoms with van der Waals surface area (Å²) < 4.78 is 5.41. The monoisotopic (exact) mass is 363 g/mol. The number of halogens is 2. The van der Waals surface area contributed by atoms with Crippen molar-refractivity contribution in [2.24, 2.45) is 17.6 Å². The molecular formula is C16H27Cl2N3O2. The number of ether oxygens (including phenoxy) is 1. The second-order valence-corrected chi connectivity index (χ2v) is 5.65. The van der Waals surface area contributed by atoms with Crippen LogP contribution < -0.4 is 20.7 Å². The minimum atomic E-state index is -0.114. The summed E-state index contributed by atoms with van der Waals surface area (Å²) in [6.07, 6.45) is 1.08. The Balaban J connectivity index is 0.00000242. The topological polar surface area (TPSA) is 67.6 Å². The molecule has 0 spiro atoms. The third kappa shape index (κ3) is 5.75. The van der Waals surface area contributed by atoms with Crippen molar-refractivity contribution in [3.63, 3.8) is 0 Å². The highest BCUT2D eigenvalue weighted by Crippen LogP contribution is 2.31. The number of para-hydroxylation sites is 2. The van der Waals surface area contributed by atoms with Crippen LogP contribution in [0.3, 0.4) is 0 Å². The summed E-state index contributed by atoms with van der Waals surface area (Å²) in [4.78, 5) is 14.1. The number of carbonyl (C=O) groups is 1.